The predicted octanol–water partition coefficient (Wildman–Crippen LogP) is 13.2. The van der Waals surface area contributed by atoms with Gasteiger partial charge in [-0.15, -0.1) is 11.3 Å². The molecule has 7 aromatic carbocycles. The number of para-hydroxylation sites is 3. The van der Waals surface area contributed by atoms with Crippen molar-refractivity contribution in [3.63, 3.8) is 0 Å². The average molecular weight is 645 g/mol. The summed E-state index contributed by atoms with van der Waals surface area (Å²) in [6, 6.07) is 57.4. The first kappa shape index (κ1) is 28.3. The number of hydrogen-bond acceptors (Lipinski definition) is 3. The maximum absolute atomic E-state index is 5.19. The van der Waals surface area contributed by atoms with Crippen molar-refractivity contribution in [3.8, 4) is 22.4 Å². The Hall–Kier alpha value is -5.77. The molecule has 0 fully saturated rings. The second-order valence-corrected chi connectivity index (χ2v) is 14.6. The van der Waals surface area contributed by atoms with Crippen LogP contribution in [0.5, 0.6) is 0 Å². The minimum atomic E-state index is -0.0905. The number of anilines is 3. The minimum Gasteiger partial charge on any atom is -0.310 e. The van der Waals surface area contributed by atoms with Gasteiger partial charge in [0.15, 0.2) is 0 Å². The summed E-state index contributed by atoms with van der Waals surface area (Å²) < 4.78 is 2.62. The number of pyridine rings is 1. The van der Waals surface area contributed by atoms with Crippen molar-refractivity contribution in [3.05, 3.63) is 169 Å². The highest BCUT2D eigenvalue weighted by Crippen LogP contribution is 2.52. The molecule has 9 aromatic rings. The Morgan fingerprint density at radius 1 is 0.510 bits per heavy atom. The molecule has 0 spiro atoms. The number of fused-ring (bicyclic) bond motifs is 9. The summed E-state index contributed by atoms with van der Waals surface area (Å²) in [5.74, 6) is 0. The van der Waals surface area contributed by atoms with Gasteiger partial charge in [0.05, 0.1) is 22.6 Å². The van der Waals surface area contributed by atoms with Crippen molar-refractivity contribution >= 4 is 70.2 Å². The fourth-order valence-electron chi connectivity index (χ4n) is 8.09. The molecule has 232 valence electrons. The van der Waals surface area contributed by atoms with Crippen LogP contribution in [0.3, 0.4) is 0 Å². The third kappa shape index (κ3) is 4.16. The first-order valence-electron chi connectivity index (χ1n) is 16.9. The summed E-state index contributed by atoms with van der Waals surface area (Å²) in [6.07, 6.45) is 0. The molecule has 0 aliphatic carbocycles. The monoisotopic (exact) mass is 644 g/mol. The first-order chi connectivity index (χ1) is 24.1. The zero-order valence-corrected chi connectivity index (χ0v) is 28.1. The Labute approximate surface area is 289 Å². The van der Waals surface area contributed by atoms with Crippen LogP contribution in [0.4, 0.5) is 17.1 Å². The number of aromatic nitrogens is 1. The van der Waals surface area contributed by atoms with Gasteiger partial charge in [0.2, 0.25) is 0 Å². The summed E-state index contributed by atoms with van der Waals surface area (Å²) in [7, 11) is 0. The summed E-state index contributed by atoms with van der Waals surface area (Å²) in [4.78, 5) is 7.64. The van der Waals surface area contributed by atoms with E-state index in [2.05, 4.69) is 176 Å². The van der Waals surface area contributed by atoms with E-state index in [1.54, 1.807) is 0 Å². The number of hydrogen-bond donors (Lipinski definition) is 0. The van der Waals surface area contributed by atoms with Gasteiger partial charge in [-0.2, -0.15) is 0 Å². The van der Waals surface area contributed by atoms with Crippen molar-refractivity contribution in [2.45, 2.75) is 19.3 Å². The normalized spacial score (nSPS) is 13.6. The Morgan fingerprint density at radius 2 is 1.12 bits per heavy atom. The molecule has 3 heteroatoms. The molecule has 1 aliphatic heterocycles. The molecule has 0 N–H and O–H groups in total. The van der Waals surface area contributed by atoms with Crippen LogP contribution in [0.2, 0.25) is 0 Å². The van der Waals surface area contributed by atoms with E-state index in [1.165, 1.54) is 75.6 Å². The van der Waals surface area contributed by atoms with Gasteiger partial charge in [0, 0.05) is 53.0 Å². The Kier molecular flexibility index (Phi) is 6.12. The standard InChI is InChI=1S/C46H32N2S/c1-46(2)37-21-7-10-24-40(37)48(41-25-11-8-22-38(41)46)31-17-12-16-30(28-31)32-19-13-20-33-34-26-27-36-42(45(34)49-44(32)33)35-18-6-9-23-39(35)47-43(36)29-14-4-3-5-15-29/h3-28H,1-2H3. The molecular formula is C46H32N2S. The molecule has 0 saturated carbocycles. The topological polar surface area (TPSA) is 16.1 Å². The zero-order valence-electron chi connectivity index (χ0n) is 27.3. The lowest BCUT2D eigenvalue weighted by molar-refractivity contribution is 0.632. The molecule has 49 heavy (non-hydrogen) atoms. The highest BCUT2D eigenvalue weighted by atomic mass is 32.1. The molecule has 3 heterocycles. The van der Waals surface area contributed by atoms with Gasteiger partial charge in [0.25, 0.3) is 0 Å². The molecule has 0 amide bonds. The third-order valence-corrected chi connectivity index (χ3v) is 11.7. The van der Waals surface area contributed by atoms with Gasteiger partial charge in [-0.1, -0.05) is 141 Å². The van der Waals surface area contributed by atoms with Crippen LogP contribution >= 0.6 is 11.3 Å². The molecular weight excluding hydrogens is 613 g/mol. The maximum atomic E-state index is 5.19. The quantitative estimate of drug-likeness (QED) is 0.178. The number of rotatable bonds is 3. The van der Waals surface area contributed by atoms with Gasteiger partial charge in [-0.05, 0) is 52.6 Å². The molecule has 0 saturated heterocycles. The average Bonchev–Trinajstić information content (AvgIpc) is 3.54. The second kappa shape index (κ2) is 10.6. The SMILES string of the molecule is CC1(C)c2ccccc2N(c2cccc(-c3cccc4c3sc3c4ccc4c(-c5ccccc5)nc5ccccc5c43)c2)c2ccccc21. The molecule has 1 aliphatic rings. The third-order valence-electron chi connectivity index (χ3n) is 10.4. The van der Waals surface area contributed by atoms with Gasteiger partial charge < -0.3 is 4.90 Å². The van der Waals surface area contributed by atoms with Gasteiger partial charge in [0.1, 0.15) is 0 Å². The van der Waals surface area contributed by atoms with Gasteiger partial charge in [-0.3, -0.25) is 0 Å². The molecule has 2 aromatic heterocycles. The van der Waals surface area contributed by atoms with E-state index in [-0.39, 0.29) is 5.41 Å². The highest BCUT2D eigenvalue weighted by Gasteiger charge is 2.36. The van der Waals surface area contributed by atoms with E-state index < -0.39 is 0 Å². The largest absolute Gasteiger partial charge is 0.310 e. The van der Waals surface area contributed by atoms with E-state index in [4.69, 9.17) is 4.98 Å². The molecule has 0 radical (unpaired) electrons. The van der Waals surface area contributed by atoms with Crippen molar-refractivity contribution in [2.24, 2.45) is 0 Å². The summed E-state index contributed by atoms with van der Waals surface area (Å²) in [5, 5.41) is 6.26. The van der Waals surface area contributed by atoms with Crippen molar-refractivity contribution in [1.82, 2.24) is 4.98 Å². The van der Waals surface area contributed by atoms with Crippen LogP contribution in [-0.4, -0.2) is 4.98 Å². The van der Waals surface area contributed by atoms with E-state index in [1.807, 2.05) is 11.3 Å². The van der Waals surface area contributed by atoms with Crippen LogP contribution in [0, 0.1) is 0 Å². The zero-order chi connectivity index (χ0) is 32.7. The molecule has 0 bridgehead atoms. The van der Waals surface area contributed by atoms with E-state index in [0.717, 1.165) is 16.8 Å². The fraction of sp³-hybridized carbons (Fsp3) is 0.0652. The number of benzene rings is 7. The smallest absolute Gasteiger partial charge is 0.0788 e. The van der Waals surface area contributed by atoms with Crippen LogP contribution in [0.1, 0.15) is 25.0 Å². The lowest BCUT2D eigenvalue weighted by Crippen LogP contribution is -2.30. The van der Waals surface area contributed by atoms with Crippen molar-refractivity contribution < 1.29 is 0 Å². The Bertz CT molecular complexity index is 2710. The summed E-state index contributed by atoms with van der Waals surface area (Å²) in [5.41, 5.74) is 11.9. The first-order valence-corrected chi connectivity index (χ1v) is 17.7. The van der Waals surface area contributed by atoms with Crippen molar-refractivity contribution in [1.29, 1.82) is 0 Å². The lowest BCUT2D eigenvalue weighted by atomic mass is 9.73. The predicted molar refractivity (Wildman–Crippen MR) is 210 cm³/mol. The molecule has 10 rings (SSSR count). The van der Waals surface area contributed by atoms with Crippen LogP contribution in [0.25, 0.3) is 64.2 Å². The lowest BCUT2D eigenvalue weighted by Gasteiger charge is -2.42. The minimum absolute atomic E-state index is 0.0905. The highest BCUT2D eigenvalue weighted by molar-refractivity contribution is 7.27. The number of nitrogens with zero attached hydrogens (tertiary/aromatic N) is 2. The fourth-order valence-corrected chi connectivity index (χ4v) is 9.49. The second-order valence-electron chi connectivity index (χ2n) is 13.5. The Morgan fingerprint density at radius 3 is 1.92 bits per heavy atom. The number of thiophene rings is 1. The molecule has 0 atom stereocenters. The molecule has 0 unspecified atom stereocenters. The Balaban J connectivity index is 1.20. The van der Waals surface area contributed by atoms with E-state index in [9.17, 15) is 0 Å². The summed E-state index contributed by atoms with van der Waals surface area (Å²) in [6.45, 7) is 4.68. The van der Waals surface area contributed by atoms with Gasteiger partial charge >= 0.3 is 0 Å². The van der Waals surface area contributed by atoms with Crippen LogP contribution < -0.4 is 4.90 Å². The maximum Gasteiger partial charge on any atom is 0.0788 e. The summed E-state index contributed by atoms with van der Waals surface area (Å²) >= 11 is 1.91. The van der Waals surface area contributed by atoms with Crippen LogP contribution in [0.15, 0.2) is 158 Å². The molecule has 2 nitrogen and oxygen atoms in total. The van der Waals surface area contributed by atoms with Gasteiger partial charge in [-0.25, -0.2) is 4.98 Å². The van der Waals surface area contributed by atoms with E-state index in [0.29, 0.717) is 0 Å². The van der Waals surface area contributed by atoms with E-state index >= 15 is 0 Å². The van der Waals surface area contributed by atoms with Crippen molar-refractivity contribution in [2.75, 3.05) is 4.90 Å². The van der Waals surface area contributed by atoms with Crippen LogP contribution in [-0.2, 0) is 5.41 Å².